The van der Waals surface area contributed by atoms with Gasteiger partial charge in [-0.2, -0.15) is 0 Å². The number of carbonyl (C=O) groups is 1. The first-order valence-corrected chi connectivity index (χ1v) is 11.1. The lowest BCUT2D eigenvalue weighted by atomic mass is 9.91. The van der Waals surface area contributed by atoms with E-state index in [1.54, 1.807) is 0 Å². The summed E-state index contributed by atoms with van der Waals surface area (Å²) in [6.07, 6.45) is 5.85. The molecule has 0 bridgehead atoms. The van der Waals surface area contributed by atoms with E-state index in [1.165, 1.54) is 37.3 Å². The third kappa shape index (κ3) is 3.81. The molecule has 1 atom stereocenters. The predicted octanol–water partition coefficient (Wildman–Crippen LogP) is 5.27. The van der Waals surface area contributed by atoms with E-state index in [9.17, 15) is 4.79 Å². The number of fused-ring (bicyclic) bond motifs is 1. The van der Waals surface area contributed by atoms with E-state index in [2.05, 4.69) is 50.4 Å². The molecule has 2 aliphatic rings. The molecule has 148 valence electrons. The monoisotopic (exact) mass is 404 g/mol. The van der Waals surface area contributed by atoms with Gasteiger partial charge in [0.2, 0.25) is 5.91 Å². The van der Waals surface area contributed by atoms with Crippen LogP contribution in [0.25, 0.3) is 5.69 Å². The Balaban J connectivity index is 1.52. The van der Waals surface area contributed by atoms with E-state index < -0.39 is 0 Å². The molecule has 5 nitrogen and oxygen atoms in total. The highest BCUT2D eigenvalue weighted by atomic mass is 32.2. The Morgan fingerprint density at radius 3 is 2.79 bits per heavy atom. The average Bonchev–Trinajstić information content (AvgIpc) is 3.48. The highest BCUT2D eigenvalue weighted by Crippen LogP contribution is 2.46. The van der Waals surface area contributed by atoms with Crippen LogP contribution in [-0.4, -0.2) is 20.7 Å². The zero-order valence-corrected chi connectivity index (χ0v) is 17.3. The Kier molecular flexibility index (Phi) is 4.87. The van der Waals surface area contributed by atoms with E-state index in [4.69, 9.17) is 0 Å². The van der Waals surface area contributed by atoms with Crippen molar-refractivity contribution < 1.29 is 4.79 Å². The number of aryl methyl sites for hydroxylation is 1. The largest absolute Gasteiger partial charge is 0.326 e. The van der Waals surface area contributed by atoms with Crippen LogP contribution in [0.3, 0.4) is 0 Å². The molecule has 1 N–H and O–H groups in total. The Morgan fingerprint density at radius 1 is 1.10 bits per heavy atom. The number of rotatable bonds is 5. The second-order valence-corrected chi connectivity index (χ2v) is 9.05. The number of amides is 1. The minimum absolute atomic E-state index is 0.0678. The van der Waals surface area contributed by atoms with Crippen LogP contribution in [0.1, 0.15) is 60.7 Å². The molecular formula is C23H24N4OS. The van der Waals surface area contributed by atoms with Crippen molar-refractivity contribution in [1.29, 1.82) is 0 Å². The molecule has 0 aliphatic heterocycles. The van der Waals surface area contributed by atoms with E-state index in [1.807, 2.05) is 30.0 Å². The molecule has 1 aromatic heterocycles. The Hall–Kier alpha value is -2.60. The van der Waals surface area contributed by atoms with Crippen molar-refractivity contribution in [1.82, 2.24) is 14.8 Å². The first-order valence-electron chi connectivity index (χ1n) is 10.3. The molecular weight excluding hydrogens is 380 g/mol. The Morgan fingerprint density at radius 2 is 1.97 bits per heavy atom. The normalized spacial score (nSPS) is 18.3. The standard InChI is InChI=1S/C23H24N4OS/c1-15(28)24-18-8-5-9-19(14-18)27-22(17-12-13-17)25-26-23(27)29-21-11-4-7-16-6-2-3-10-20(16)21/h2-3,5-6,8-10,14,17,21H,4,7,11-13H2,1H3,(H,24,28). The van der Waals surface area contributed by atoms with Crippen LogP contribution >= 0.6 is 11.8 Å². The summed E-state index contributed by atoms with van der Waals surface area (Å²) in [7, 11) is 0. The number of aromatic nitrogens is 3. The van der Waals surface area contributed by atoms with Gasteiger partial charge in [-0.15, -0.1) is 10.2 Å². The maximum atomic E-state index is 11.5. The van der Waals surface area contributed by atoms with Crippen molar-refractivity contribution in [2.24, 2.45) is 0 Å². The van der Waals surface area contributed by atoms with E-state index >= 15 is 0 Å². The van der Waals surface area contributed by atoms with Crippen LogP contribution in [0, 0.1) is 0 Å². The molecule has 1 amide bonds. The Bertz CT molecular complexity index is 1060. The van der Waals surface area contributed by atoms with E-state index in [-0.39, 0.29) is 5.91 Å². The number of benzene rings is 2. The zero-order valence-electron chi connectivity index (χ0n) is 16.5. The molecule has 29 heavy (non-hydrogen) atoms. The van der Waals surface area contributed by atoms with Crippen molar-refractivity contribution >= 4 is 23.4 Å². The fourth-order valence-corrected chi connectivity index (χ4v) is 5.38. The summed E-state index contributed by atoms with van der Waals surface area (Å²) in [5.74, 6) is 1.46. The van der Waals surface area contributed by atoms with Gasteiger partial charge in [-0.25, -0.2) is 0 Å². The molecule has 2 aliphatic carbocycles. The first kappa shape index (κ1) is 18.4. The van der Waals surface area contributed by atoms with E-state index in [0.29, 0.717) is 11.2 Å². The van der Waals surface area contributed by atoms with Crippen LogP contribution in [0.5, 0.6) is 0 Å². The van der Waals surface area contributed by atoms with Crippen molar-refractivity contribution in [3.63, 3.8) is 0 Å². The molecule has 0 radical (unpaired) electrons. The summed E-state index contributed by atoms with van der Waals surface area (Å²) in [6.45, 7) is 1.53. The highest BCUT2D eigenvalue weighted by Gasteiger charge is 2.32. The lowest BCUT2D eigenvalue weighted by Crippen LogP contribution is -2.09. The average molecular weight is 405 g/mol. The number of hydrogen-bond acceptors (Lipinski definition) is 4. The molecule has 0 saturated heterocycles. The minimum atomic E-state index is -0.0678. The van der Waals surface area contributed by atoms with Crippen LogP contribution in [0.15, 0.2) is 53.7 Å². The molecule has 0 spiro atoms. The van der Waals surface area contributed by atoms with Gasteiger partial charge in [0, 0.05) is 23.8 Å². The number of hydrogen-bond donors (Lipinski definition) is 1. The molecule has 5 rings (SSSR count). The topological polar surface area (TPSA) is 59.8 Å². The predicted molar refractivity (Wildman–Crippen MR) is 116 cm³/mol. The number of nitrogens with one attached hydrogen (secondary N) is 1. The van der Waals surface area contributed by atoms with Crippen molar-refractivity contribution in [2.45, 2.75) is 55.4 Å². The number of nitrogens with zero attached hydrogens (tertiary/aromatic N) is 3. The quantitative estimate of drug-likeness (QED) is 0.629. The second-order valence-electron chi connectivity index (χ2n) is 7.88. The number of carbonyl (C=O) groups excluding carboxylic acids is 1. The molecule has 1 saturated carbocycles. The van der Waals surface area contributed by atoms with Gasteiger partial charge >= 0.3 is 0 Å². The SMILES string of the molecule is CC(=O)Nc1cccc(-n2c(SC3CCCc4ccccc43)nnc2C2CC2)c1. The summed E-state index contributed by atoms with van der Waals surface area (Å²) < 4.78 is 2.20. The van der Waals surface area contributed by atoms with Gasteiger partial charge in [-0.05, 0) is 61.4 Å². The highest BCUT2D eigenvalue weighted by molar-refractivity contribution is 7.99. The third-order valence-electron chi connectivity index (χ3n) is 5.59. The van der Waals surface area contributed by atoms with Gasteiger partial charge in [-0.3, -0.25) is 9.36 Å². The number of anilines is 1. The van der Waals surface area contributed by atoms with Crippen molar-refractivity contribution in [3.8, 4) is 5.69 Å². The Labute approximate surface area is 174 Å². The zero-order chi connectivity index (χ0) is 19.8. The van der Waals surface area contributed by atoms with Gasteiger partial charge in [0.05, 0.1) is 5.69 Å². The van der Waals surface area contributed by atoms with Crippen LogP contribution in [0.4, 0.5) is 5.69 Å². The van der Waals surface area contributed by atoms with Gasteiger partial charge in [-0.1, -0.05) is 42.1 Å². The van der Waals surface area contributed by atoms with Gasteiger partial charge in [0.25, 0.3) is 0 Å². The van der Waals surface area contributed by atoms with Crippen LogP contribution < -0.4 is 5.32 Å². The summed E-state index contributed by atoms with van der Waals surface area (Å²) >= 11 is 1.82. The van der Waals surface area contributed by atoms with Gasteiger partial charge in [0.15, 0.2) is 5.16 Å². The fourth-order valence-electron chi connectivity index (χ4n) is 4.09. The van der Waals surface area contributed by atoms with Crippen molar-refractivity contribution in [3.05, 3.63) is 65.5 Å². The van der Waals surface area contributed by atoms with Crippen LogP contribution in [0.2, 0.25) is 0 Å². The molecule has 1 unspecified atom stereocenters. The van der Waals surface area contributed by atoms with E-state index in [0.717, 1.165) is 35.2 Å². The molecule has 1 heterocycles. The van der Waals surface area contributed by atoms with Gasteiger partial charge < -0.3 is 5.32 Å². The molecule has 6 heteroatoms. The molecule has 3 aromatic rings. The van der Waals surface area contributed by atoms with Crippen LogP contribution in [-0.2, 0) is 11.2 Å². The smallest absolute Gasteiger partial charge is 0.221 e. The minimum Gasteiger partial charge on any atom is -0.326 e. The maximum Gasteiger partial charge on any atom is 0.221 e. The summed E-state index contributed by atoms with van der Waals surface area (Å²) in [5.41, 5.74) is 4.69. The summed E-state index contributed by atoms with van der Waals surface area (Å²) in [4.78, 5) is 11.5. The summed E-state index contributed by atoms with van der Waals surface area (Å²) in [5, 5.41) is 13.4. The number of thioether (sulfide) groups is 1. The summed E-state index contributed by atoms with van der Waals surface area (Å²) in [6, 6.07) is 16.7. The molecule has 1 fully saturated rings. The first-order chi connectivity index (χ1) is 14.2. The second kappa shape index (κ2) is 7.67. The lowest BCUT2D eigenvalue weighted by Gasteiger charge is -2.24. The third-order valence-corrected chi connectivity index (χ3v) is 6.84. The lowest BCUT2D eigenvalue weighted by molar-refractivity contribution is -0.114. The van der Waals surface area contributed by atoms with Crippen molar-refractivity contribution in [2.75, 3.05) is 5.32 Å². The maximum absolute atomic E-state index is 11.5. The van der Waals surface area contributed by atoms with Gasteiger partial charge in [0.1, 0.15) is 5.82 Å². The molecule has 2 aromatic carbocycles. The fraction of sp³-hybridized carbons (Fsp3) is 0.348.